The standard InChI is InChI=1S/C42H32BrN3O4S/c43-32-17-15-29(16-18-32)38-24-21-34(50-38)27-36(45-40(47)31-12-5-2-6-13-31)41(48)44-33-19-22-35(23-20-33)51-39(30-10-3-1-4-11-30)42(49)46-26-25-28-9-7-8-14-37(28)46/h1-24,27,39H,25-26H2,(H,44,48)(H,45,47)/b36-27-/t39-/m0/s1. The van der Waals surface area contributed by atoms with Crippen molar-refractivity contribution in [1.29, 1.82) is 0 Å². The third kappa shape index (κ3) is 8.06. The molecular weight excluding hydrogens is 722 g/mol. The summed E-state index contributed by atoms with van der Waals surface area (Å²) in [6.45, 7) is 0.646. The van der Waals surface area contributed by atoms with Gasteiger partial charge in [0, 0.05) is 44.5 Å². The van der Waals surface area contributed by atoms with E-state index >= 15 is 0 Å². The summed E-state index contributed by atoms with van der Waals surface area (Å²) in [5.41, 5.74) is 4.87. The van der Waals surface area contributed by atoms with Crippen LogP contribution in [-0.2, 0) is 16.0 Å². The Bertz CT molecular complexity index is 2200. The zero-order valence-corrected chi connectivity index (χ0v) is 29.7. The molecular formula is C42H32BrN3O4S. The molecule has 51 heavy (non-hydrogen) atoms. The Labute approximate surface area is 308 Å². The number of halogens is 1. The first kappa shape index (κ1) is 33.8. The Kier molecular flexibility index (Phi) is 10.3. The van der Waals surface area contributed by atoms with Crippen LogP contribution < -0.4 is 15.5 Å². The Morgan fingerprint density at radius 3 is 2.20 bits per heavy atom. The largest absolute Gasteiger partial charge is 0.457 e. The molecule has 0 radical (unpaired) electrons. The van der Waals surface area contributed by atoms with Crippen LogP contribution in [0.25, 0.3) is 17.4 Å². The quantitative estimate of drug-likeness (QED) is 0.107. The highest BCUT2D eigenvalue weighted by molar-refractivity contribution is 9.10. The molecule has 0 unspecified atom stereocenters. The van der Waals surface area contributed by atoms with Crippen molar-refractivity contribution in [2.24, 2.45) is 0 Å². The van der Waals surface area contributed by atoms with E-state index in [0.717, 1.165) is 32.6 Å². The molecule has 1 aliphatic rings. The monoisotopic (exact) mass is 753 g/mol. The summed E-state index contributed by atoms with van der Waals surface area (Å²) in [6, 6.07) is 45.1. The van der Waals surface area contributed by atoms with Crippen LogP contribution >= 0.6 is 27.7 Å². The van der Waals surface area contributed by atoms with Crippen molar-refractivity contribution in [1.82, 2.24) is 5.32 Å². The molecule has 0 spiro atoms. The number of para-hydroxylation sites is 1. The number of benzene rings is 5. The van der Waals surface area contributed by atoms with Crippen molar-refractivity contribution >= 4 is 62.9 Å². The molecule has 0 fully saturated rings. The number of nitrogens with one attached hydrogen (secondary N) is 2. The molecule has 0 bridgehead atoms. The number of hydrogen-bond acceptors (Lipinski definition) is 5. The van der Waals surface area contributed by atoms with Crippen LogP contribution in [0.15, 0.2) is 165 Å². The summed E-state index contributed by atoms with van der Waals surface area (Å²) in [5, 5.41) is 5.20. The van der Waals surface area contributed by atoms with Gasteiger partial charge in [0.15, 0.2) is 0 Å². The summed E-state index contributed by atoms with van der Waals surface area (Å²) < 4.78 is 6.98. The lowest BCUT2D eigenvalue weighted by atomic mass is 10.1. The van der Waals surface area contributed by atoms with Gasteiger partial charge in [-0.15, -0.1) is 11.8 Å². The lowest BCUT2D eigenvalue weighted by molar-refractivity contribution is -0.118. The predicted octanol–water partition coefficient (Wildman–Crippen LogP) is 9.54. The van der Waals surface area contributed by atoms with Crippen LogP contribution in [0.2, 0.25) is 0 Å². The van der Waals surface area contributed by atoms with Crippen LogP contribution in [0.3, 0.4) is 0 Å². The average Bonchev–Trinajstić information content (AvgIpc) is 3.83. The number of carbonyl (C=O) groups is 3. The normalized spacial score (nSPS) is 13.0. The number of carbonyl (C=O) groups excluding carboxylic acids is 3. The Morgan fingerprint density at radius 1 is 0.765 bits per heavy atom. The van der Waals surface area contributed by atoms with E-state index in [1.54, 1.807) is 42.5 Å². The third-order valence-electron chi connectivity index (χ3n) is 8.42. The molecule has 1 atom stereocenters. The fourth-order valence-electron chi connectivity index (χ4n) is 5.83. The Balaban J connectivity index is 1.10. The van der Waals surface area contributed by atoms with Gasteiger partial charge >= 0.3 is 0 Å². The van der Waals surface area contributed by atoms with Gasteiger partial charge in [-0.05, 0) is 84.3 Å². The number of fused-ring (bicyclic) bond motifs is 1. The number of amides is 3. The van der Waals surface area contributed by atoms with Gasteiger partial charge in [0.1, 0.15) is 22.5 Å². The van der Waals surface area contributed by atoms with Crippen molar-refractivity contribution in [2.75, 3.05) is 16.8 Å². The van der Waals surface area contributed by atoms with Crippen molar-refractivity contribution in [3.63, 3.8) is 0 Å². The van der Waals surface area contributed by atoms with Crippen molar-refractivity contribution in [2.45, 2.75) is 16.6 Å². The highest BCUT2D eigenvalue weighted by atomic mass is 79.9. The molecule has 3 amide bonds. The van der Waals surface area contributed by atoms with E-state index in [-0.39, 0.29) is 11.6 Å². The number of thioether (sulfide) groups is 1. The fraction of sp³-hybridized carbons (Fsp3) is 0.0714. The molecule has 252 valence electrons. The van der Waals surface area contributed by atoms with E-state index < -0.39 is 17.1 Å². The van der Waals surface area contributed by atoms with Crippen LogP contribution in [0.1, 0.15) is 32.5 Å². The van der Waals surface area contributed by atoms with E-state index in [1.165, 1.54) is 23.4 Å². The molecule has 9 heteroatoms. The molecule has 5 aromatic carbocycles. The zero-order valence-electron chi connectivity index (χ0n) is 27.3. The highest BCUT2D eigenvalue weighted by Gasteiger charge is 2.31. The minimum absolute atomic E-state index is 0.0136. The Morgan fingerprint density at radius 2 is 1.45 bits per heavy atom. The van der Waals surface area contributed by atoms with Crippen molar-refractivity contribution in [3.8, 4) is 11.3 Å². The van der Waals surface area contributed by atoms with Crippen molar-refractivity contribution in [3.05, 3.63) is 178 Å². The molecule has 0 saturated carbocycles. The van der Waals surface area contributed by atoms with E-state index in [1.807, 2.05) is 102 Å². The first-order chi connectivity index (χ1) is 24.9. The molecule has 2 N–H and O–H groups in total. The van der Waals surface area contributed by atoms with Gasteiger partial charge in [0.25, 0.3) is 11.8 Å². The number of rotatable bonds is 10. The molecule has 0 saturated heterocycles. The third-order valence-corrected chi connectivity index (χ3v) is 10.2. The minimum Gasteiger partial charge on any atom is -0.457 e. The SMILES string of the molecule is O=C(Nc1ccc(S[C@H](C(=O)N2CCc3ccccc32)c2ccccc2)cc1)/C(=C/c1ccc(-c2ccc(Br)cc2)o1)NC(=O)c1ccccc1. The lowest BCUT2D eigenvalue weighted by Crippen LogP contribution is -2.32. The van der Waals surface area contributed by atoms with Gasteiger partial charge in [0.05, 0.1) is 0 Å². The van der Waals surface area contributed by atoms with Gasteiger partial charge in [-0.25, -0.2) is 0 Å². The van der Waals surface area contributed by atoms with E-state index in [0.29, 0.717) is 29.3 Å². The van der Waals surface area contributed by atoms with Crippen LogP contribution in [0, 0.1) is 0 Å². The summed E-state index contributed by atoms with van der Waals surface area (Å²) >= 11 is 4.91. The van der Waals surface area contributed by atoms with E-state index in [4.69, 9.17) is 4.42 Å². The number of nitrogens with zero attached hydrogens (tertiary/aromatic N) is 1. The first-order valence-corrected chi connectivity index (χ1v) is 18.0. The van der Waals surface area contributed by atoms with Gasteiger partial charge in [-0.3, -0.25) is 14.4 Å². The molecule has 1 aromatic heterocycles. The molecule has 7 nitrogen and oxygen atoms in total. The summed E-state index contributed by atoms with van der Waals surface area (Å²) in [5.74, 6) is 0.0957. The second-order valence-electron chi connectivity index (χ2n) is 11.8. The topological polar surface area (TPSA) is 91.7 Å². The molecule has 1 aliphatic heterocycles. The van der Waals surface area contributed by atoms with Crippen molar-refractivity contribution < 1.29 is 18.8 Å². The minimum atomic E-state index is -0.522. The molecule has 6 aromatic rings. The van der Waals surface area contributed by atoms with E-state index in [9.17, 15) is 14.4 Å². The summed E-state index contributed by atoms with van der Waals surface area (Å²) in [7, 11) is 0. The fourth-order valence-corrected chi connectivity index (χ4v) is 7.18. The van der Waals surface area contributed by atoms with Crippen LogP contribution in [0.4, 0.5) is 11.4 Å². The van der Waals surface area contributed by atoms with Gasteiger partial charge in [0.2, 0.25) is 5.91 Å². The summed E-state index contributed by atoms with van der Waals surface area (Å²) in [4.78, 5) is 43.6. The number of anilines is 2. The van der Waals surface area contributed by atoms with E-state index in [2.05, 4.69) is 32.6 Å². The molecule has 0 aliphatic carbocycles. The maximum Gasteiger partial charge on any atom is 0.272 e. The first-order valence-electron chi connectivity index (χ1n) is 16.4. The predicted molar refractivity (Wildman–Crippen MR) is 206 cm³/mol. The van der Waals surface area contributed by atoms with Gasteiger partial charge in [-0.2, -0.15) is 0 Å². The maximum atomic E-state index is 14.0. The number of furan rings is 1. The molecule has 2 heterocycles. The van der Waals surface area contributed by atoms with Gasteiger partial charge in [-0.1, -0.05) is 94.8 Å². The maximum absolute atomic E-state index is 14.0. The highest BCUT2D eigenvalue weighted by Crippen LogP contribution is 2.40. The second-order valence-corrected chi connectivity index (χ2v) is 13.9. The lowest BCUT2D eigenvalue weighted by Gasteiger charge is -2.24. The summed E-state index contributed by atoms with van der Waals surface area (Å²) in [6.07, 6.45) is 2.34. The van der Waals surface area contributed by atoms with Crippen LogP contribution in [0.5, 0.6) is 0 Å². The zero-order chi connectivity index (χ0) is 35.2. The second kappa shape index (κ2) is 15.5. The number of hydrogen-bond donors (Lipinski definition) is 2. The Hall–Kier alpha value is -5.64. The van der Waals surface area contributed by atoms with Gasteiger partial charge < -0.3 is 20.0 Å². The average molecular weight is 755 g/mol. The molecule has 7 rings (SSSR count). The van der Waals surface area contributed by atoms with Crippen LogP contribution in [-0.4, -0.2) is 24.3 Å². The smallest absolute Gasteiger partial charge is 0.272 e.